The minimum absolute atomic E-state index is 0.450. The SMILES string of the molecule is N#Cc1cc(C#N)c(-c2ccc(-c3cccc(-n4c5ccccc5c5ccccc54)c3)cc2)c(-n2c3ccccc3c3ccccc32)c1. The highest BCUT2D eigenvalue weighted by atomic mass is 15.0. The average Bonchev–Trinajstić information content (AvgIpc) is 3.67. The summed E-state index contributed by atoms with van der Waals surface area (Å²) in [7, 11) is 0. The van der Waals surface area contributed by atoms with Crippen molar-refractivity contribution < 1.29 is 0 Å². The minimum atomic E-state index is 0.450. The molecule has 0 bridgehead atoms. The molecule has 0 N–H and O–H groups in total. The first-order valence-corrected chi connectivity index (χ1v) is 15.9. The first kappa shape index (κ1) is 27.4. The molecule has 0 amide bonds. The Hall–Kier alpha value is -6.88. The lowest BCUT2D eigenvalue weighted by Gasteiger charge is -2.17. The molecule has 0 aliphatic heterocycles. The van der Waals surface area contributed by atoms with Gasteiger partial charge in [0.15, 0.2) is 0 Å². The molecule has 0 spiro atoms. The zero-order valence-electron chi connectivity index (χ0n) is 25.8. The van der Waals surface area contributed by atoms with Crippen LogP contribution in [0.15, 0.2) is 158 Å². The smallest absolute Gasteiger partial charge is 0.0999 e. The molecule has 2 heterocycles. The second-order valence-corrected chi connectivity index (χ2v) is 12.0. The number of hydrogen-bond acceptors (Lipinski definition) is 2. The molecule has 0 saturated heterocycles. The van der Waals surface area contributed by atoms with Crippen LogP contribution in [0.3, 0.4) is 0 Å². The fraction of sp³-hybridized carbons (Fsp3) is 0. The maximum atomic E-state index is 10.4. The van der Waals surface area contributed by atoms with E-state index in [9.17, 15) is 10.5 Å². The second kappa shape index (κ2) is 10.9. The summed E-state index contributed by atoms with van der Waals surface area (Å²) in [5, 5.41) is 25.1. The van der Waals surface area contributed by atoms with E-state index in [1.165, 1.54) is 21.8 Å². The number of nitrogens with zero attached hydrogens (tertiary/aromatic N) is 4. The molecule has 4 nitrogen and oxygen atoms in total. The molecule has 0 unspecified atom stereocenters. The molecule has 0 fully saturated rings. The minimum Gasteiger partial charge on any atom is -0.309 e. The normalized spacial score (nSPS) is 11.3. The molecule has 9 rings (SSSR count). The number of para-hydroxylation sites is 4. The van der Waals surface area contributed by atoms with Crippen molar-refractivity contribution in [3.05, 3.63) is 169 Å². The van der Waals surface area contributed by atoms with Gasteiger partial charge in [0, 0.05) is 32.8 Å². The maximum absolute atomic E-state index is 10.4. The Morgan fingerprint density at radius 2 is 0.896 bits per heavy atom. The van der Waals surface area contributed by atoms with Crippen molar-refractivity contribution in [3.8, 4) is 45.8 Å². The fourth-order valence-electron chi connectivity index (χ4n) is 7.30. The van der Waals surface area contributed by atoms with Gasteiger partial charge in [-0.3, -0.25) is 0 Å². The zero-order chi connectivity index (χ0) is 32.2. The third-order valence-corrected chi connectivity index (χ3v) is 9.38. The van der Waals surface area contributed by atoms with E-state index in [1.807, 2.05) is 30.3 Å². The molecular weight excluding hydrogens is 585 g/mol. The van der Waals surface area contributed by atoms with Crippen molar-refractivity contribution >= 4 is 43.6 Å². The average molecular weight is 611 g/mol. The molecule has 4 heteroatoms. The van der Waals surface area contributed by atoms with Gasteiger partial charge in [-0.05, 0) is 65.2 Å². The molecule has 0 atom stereocenters. The standard InChI is InChI=1S/C44H26N4/c45-27-29-24-33(28-46)44(43(25-29)48-41-18-7-3-14-37(41)38-15-4-8-19-42(38)48)31-22-20-30(21-23-31)32-10-9-11-34(26-32)47-39-16-5-1-12-35(39)36-13-2-6-17-40(36)47/h1-26H. The van der Waals surface area contributed by atoms with Crippen molar-refractivity contribution in [1.82, 2.24) is 9.13 Å². The summed E-state index contributed by atoms with van der Waals surface area (Å²) in [5.74, 6) is 0. The summed E-state index contributed by atoms with van der Waals surface area (Å²) >= 11 is 0. The quantitative estimate of drug-likeness (QED) is 0.199. The van der Waals surface area contributed by atoms with Crippen LogP contribution in [-0.2, 0) is 0 Å². The van der Waals surface area contributed by atoms with E-state index in [0.29, 0.717) is 11.1 Å². The van der Waals surface area contributed by atoms with E-state index in [4.69, 9.17) is 0 Å². The Morgan fingerprint density at radius 3 is 1.42 bits per heavy atom. The van der Waals surface area contributed by atoms with Crippen molar-refractivity contribution in [2.24, 2.45) is 0 Å². The molecule has 9 aromatic rings. The number of aromatic nitrogens is 2. The van der Waals surface area contributed by atoms with Crippen molar-refractivity contribution in [2.75, 3.05) is 0 Å². The second-order valence-electron chi connectivity index (χ2n) is 12.0. The molecule has 0 aliphatic rings. The van der Waals surface area contributed by atoms with Crippen LogP contribution in [0.25, 0.3) is 77.2 Å². The summed E-state index contributed by atoms with van der Waals surface area (Å²) in [6, 6.07) is 59.0. The zero-order valence-corrected chi connectivity index (χ0v) is 25.8. The van der Waals surface area contributed by atoms with Gasteiger partial charge in [0.1, 0.15) is 0 Å². The molecule has 2 aromatic heterocycles. The summed E-state index contributed by atoms with van der Waals surface area (Å²) in [5.41, 5.74) is 11.1. The van der Waals surface area contributed by atoms with E-state index < -0.39 is 0 Å². The highest BCUT2D eigenvalue weighted by molar-refractivity contribution is 6.10. The van der Waals surface area contributed by atoms with Crippen LogP contribution in [0, 0.1) is 22.7 Å². The monoisotopic (exact) mass is 610 g/mol. The summed E-state index contributed by atoms with van der Waals surface area (Å²) < 4.78 is 4.52. The van der Waals surface area contributed by atoms with Gasteiger partial charge >= 0.3 is 0 Å². The van der Waals surface area contributed by atoms with Crippen LogP contribution in [-0.4, -0.2) is 9.13 Å². The first-order valence-electron chi connectivity index (χ1n) is 15.9. The van der Waals surface area contributed by atoms with Crippen molar-refractivity contribution in [3.63, 3.8) is 0 Å². The number of benzene rings is 7. The van der Waals surface area contributed by atoms with Gasteiger partial charge in [0.05, 0.1) is 51.0 Å². The lowest BCUT2D eigenvalue weighted by atomic mass is 9.94. The van der Waals surface area contributed by atoms with Crippen LogP contribution in [0.4, 0.5) is 0 Å². The topological polar surface area (TPSA) is 57.4 Å². The van der Waals surface area contributed by atoms with Gasteiger partial charge in [-0.15, -0.1) is 0 Å². The van der Waals surface area contributed by atoms with E-state index in [2.05, 4.69) is 143 Å². The number of fused-ring (bicyclic) bond motifs is 6. The lowest BCUT2D eigenvalue weighted by Crippen LogP contribution is -2.01. The van der Waals surface area contributed by atoms with Gasteiger partial charge < -0.3 is 9.13 Å². The largest absolute Gasteiger partial charge is 0.309 e. The molecule has 0 radical (unpaired) electrons. The molecule has 7 aromatic carbocycles. The van der Waals surface area contributed by atoms with Crippen LogP contribution in [0.5, 0.6) is 0 Å². The van der Waals surface area contributed by atoms with E-state index in [0.717, 1.165) is 55.4 Å². The Labute approximate surface area is 277 Å². The summed E-state index contributed by atoms with van der Waals surface area (Å²) in [4.78, 5) is 0. The fourth-order valence-corrected chi connectivity index (χ4v) is 7.30. The number of rotatable bonds is 4. The van der Waals surface area contributed by atoms with Gasteiger partial charge in [-0.1, -0.05) is 109 Å². The van der Waals surface area contributed by atoms with Crippen LogP contribution in [0.1, 0.15) is 11.1 Å². The highest BCUT2D eigenvalue weighted by Gasteiger charge is 2.20. The van der Waals surface area contributed by atoms with Gasteiger partial charge in [0.25, 0.3) is 0 Å². The molecule has 0 saturated carbocycles. The Bertz CT molecular complexity index is 2690. The molecular formula is C44H26N4. The highest BCUT2D eigenvalue weighted by Crippen LogP contribution is 2.39. The van der Waals surface area contributed by atoms with Crippen LogP contribution < -0.4 is 0 Å². The third kappa shape index (κ3) is 4.14. The van der Waals surface area contributed by atoms with Gasteiger partial charge in [-0.2, -0.15) is 10.5 Å². The van der Waals surface area contributed by atoms with E-state index >= 15 is 0 Å². The molecule has 48 heavy (non-hydrogen) atoms. The predicted molar refractivity (Wildman–Crippen MR) is 195 cm³/mol. The first-order chi connectivity index (χ1) is 23.7. The number of hydrogen-bond donors (Lipinski definition) is 0. The van der Waals surface area contributed by atoms with Gasteiger partial charge in [0.2, 0.25) is 0 Å². The summed E-state index contributed by atoms with van der Waals surface area (Å²) in [6.07, 6.45) is 0. The van der Waals surface area contributed by atoms with E-state index in [1.54, 1.807) is 6.07 Å². The van der Waals surface area contributed by atoms with Crippen molar-refractivity contribution in [1.29, 1.82) is 10.5 Å². The van der Waals surface area contributed by atoms with Gasteiger partial charge in [-0.25, -0.2) is 0 Å². The lowest BCUT2D eigenvalue weighted by molar-refractivity contribution is 1.17. The maximum Gasteiger partial charge on any atom is 0.0999 e. The Morgan fingerprint density at radius 1 is 0.396 bits per heavy atom. The third-order valence-electron chi connectivity index (χ3n) is 9.38. The summed E-state index contributed by atoms with van der Waals surface area (Å²) in [6.45, 7) is 0. The predicted octanol–water partition coefficient (Wildman–Crippen LogP) is 11.0. The Balaban J connectivity index is 1.20. The van der Waals surface area contributed by atoms with Crippen LogP contribution in [0.2, 0.25) is 0 Å². The molecule has 0 aliphatic carbocycles. The van der Waals surface area contributed by atoms with Crippen molar-refractivity contribution in [2.45, 2.75) is 0 Å². The van der Waals surface area contributed by atoms with Crippen LogP contribution >= 0.6 is 0 Å². The number of nitriles is 2. The van der Waals surface area contributed by atoms with E-state index in [-0.39, 0.29) is 0 Å². The Kier molecular flexibility index (Phi) is 6.22. The molecule has 222 valence electrons.